The van der Waals surface area contributed by atoms with Gasteiger partial charge in [-0.1, -0.05) is 31.2 Å². The maximum atomic E-state index is 12.5. The third kappa shape index (κ3) is 6.09. The Labute approximate surface area is 180 Å². The molecule has 1 unspecified atom stereocenters. The SMILES string of the molecule is CCCC(=O)Nc1ccc(C(=O)C(C)OC(=O)/C=C/c2ccc3ccccc3n2)cc1. The fraction of sp³-hybridized carbons (Fsp3) is 0.200. The van der Waals surface area contributed by atoms with Gasteiger partial charge in [-0.15, -0.1) is 0 Å². The number of rotatable bonds is 8. The van der Waals surface area contributed by atoms with Crippen LogP contribution in [0.15, 0.2) is 66.7 Å². The van der Waals surface area contributed by atoms with Crippen molar-refractivity contribution in [1.82, 2.24) is 4.98 Å². The standard InChI is InChI=1S/C25H24N2O4/c1-3-6-23(28)27-21-13-10-19(11-14-21)25(30)17(2)31-24(29)16-15-20-12-9-18-7-4-5-8-22(18)26-20/h4-5,7-17H,3,6H2,1-2H3,(H,27,28)/b16-15+. The highest BCUT2D eigenvalue weighted by Crippen LogP contribution is 2.14. The van der Waals surface area contributed by atoms with Gasteiger partial charge in [-0.2, -0.15) is 0 Å². The number of benzene rings is 2. The van der Waals surface area contributed by atoms with Gasteiger partial charge in [0.15, 0.2) is 6.10 Å². The average Bonchev–Trinajstić information content (AvgIpc) is 2.77. The van der Waals surface area contributed by atoms with Gasteiger partial charge < -0.3 is 10.1 Å². The molecule has 1 N–H and O–H groups in total. The topological polar surface area (TPSA) is 85.4 Å². The van der Waals surface area contributed by atoms with Gasteiger partial charge in [0.1, 0.15) is 0 Å². The lowest BCUT2D eigenvalue weighted by atomic mass is 10.1. The molecule has 0 radical (unpaired) electrons. The number of fused-ring (bicyclic) bond motifs is 1. The van der Waals surface area contributed by atoms with Crippen LogP contribution in [-0.4, -0.2) is 28.7 Å². The van der Waals surface area contributed by atoms with Crippen LogP contribution in [0.2, 0.25) is 0 Å². The van der Waals surface area contributed by atoms with E-state index in [-0.39, 0.29) is 11.7 Å². The highest BCUT2D eigenvalue weighted by Gasteiger charge is 2.18. The molecular weight excluding hydrogens is 392 g/mol. The summed E-state index contributed by atoms with van der Waals surface area (Å²) in [6.07, 6.45) is 3.07. The van der Waals surface area contributed by atoms with Gasteiger partial charge >= 0.3 is 5.97 Å². The summed E-state index contributed by atoms with van der Waals surface area (Å²) in [5.41, 5.74) is 2.46. The molecule has 1 atom stereocenters. The predicted molar refractivity (Wildman–Crippen MR) is 121 cm³/mol. The first kappa shape index (κ1) is 21.9. The molecule has 0 aliphatic carbocycles. The Kier molecular flexibility index (Phi) is 7.27. The highest BCUT2D eigenvalue weighted by atomic mass is 16.5. The lowest BCUT2D eigenvalue weighted by molar-refractivity contribution is -0.140. The Bertz CT molecular complexity index is 1120. The Morgan fingerprint density at radius 2 is 1.77 bits per heavy atom. The Morgan fingerprint density at radius 1 is 1.03 bits per heavy atom. The predicted octanol–water partition coefficient (Wildman–Crippen LogP) is 4.80. The quantitative estimate of drug-likeness (QED) is 0.324. The number of nitrogens with zero attached hydrogens (tertiary/aromatic N) is 1. The first-order valence-corrected chi connectivity index (χ1v) is 10.1. The summed E-state index contributed by atoms with van der Waals surface area (Å²) in [7, 11) is 0. The number of carbonyl (C=O) groups excluding carboxylic acids is 3. The average molecular weight is 416 g/mol. The van der Waals surface area contributed by atoms with Crippen LogP contribution in [0.1, 0.15) is 42.7 Å². The van der Waals surface area contributed by atoms with E-state index in [1.165, 1.54) is 13.0 Å². The normalized spacial score (nSPS) is 11.9. The van der Waals surface area contributed by atoms with Crippen LogP contribution in [0.25, 0.3) is 17.0 Å². The lowest BCUT2D eigenvalue weighted by Gasteiger charge is -2.11. The maximum absolute atomic E-state index is 12.5. The van der Waals surface area contributed by atoms with Crippen molar-refractivity contribution in [3.63, 3.8) is 0 Å². The summed E-state index contributed by atoms with van der Waals surface area (Å²) >= 11 is 0. The van der Waals surface area contributed by atoms with E-state index in [1.807, 2.05) is 43.3 Å². The van der Waals surface area contributed by atoms with Crippen molar-refractivity contribution in [1.29, 1.82) is 0 Å². The number of carbonyl (C=O) groups is 3. The van der Waals surface area contributed by atoms with E-state index in [0.717, 1.165) is 17.3 Å². The van der Waals surface area contributed by atoms with Crippen LogP contribution in [0.4, 0.5) is 5.69 Å². The molecular formula is C25H24N2O4. The number of esters is 1. The van der Waals surface area contributed by atoms with Crippen molar-refractivity contribution >= 4 is 40.3 Å². The van der Waals surface area contributed by atoms with Crippen molar-refractivity contribution in [3.8, 4) is 0 Å². The number of Topliss-reactive ketones (excluding diaryl/α,β-unsaturated/α-hetero) is 1. The Morgan fingerprint density at radius 3 is 2.52 bits per heavy atom. The molecule has 158 valence electrons. The Balaban J connectivity index is 1.57. The van der Waals surface area contributed by atoms with Crippen LogP contribution in [0.5, 0.6) is 0 Å². The molecule has 6 nitrogen and oxygen atoms in total. The molecule has 0 saturated heterocycles. The van der Waals surface area contributed by atoms with Crippen molar-refractivity contribution in [3.05, 3.63) is 78.0 Å². The monoisotopic (exact) mass is 416 g/mol. The number of hydrogen-bond acceptors (Lipinski definition) is 5. The molecule has 0 aliphatic heterocycles. The van der Waals surface area contributed by atoms with Gasteiger partial charge in [0.05, 0.1) is 11.2 Å². The van der Waals surface area contributed by atoms with E-state index in [4.69, 9.17) is 4.74 Å². The van der Waals surface area contributed by atoms with Gasteiger partial charge in [0, 0.05) is 29.1 Å². The van der Waals surface area contributed by atoms with E-state index >= 15 is 0 Å². The van der Waals surface area contributed by atoms with Crippen molar-refractivity contribution in [2.45, 2.75) is 32.8 Å². The largest absolute Gasteiger partial charge is 0.451 e. The second-order valence-electron chi connectivity index (χ2n) is 7.08. The van der Waals surface area contributed by atoms with Crippen LogP contribution in [0, 0.1) is 0 Å². The fourth-order valence-electron chi connectivity index (χ4n) is 3.00. The van der Waals surface area contributed by atoms with Gasteiger partial charge in [-0.05, 0) is 55.8 Å². The number of pyridine rings is 1. The van der Waals surface area contributed by atoms with Gasteiger partial charge in [0.2, 0.25) is 11.7 Å². The molecule has 1 aromatic heterocycles. The number of aromatic nitrogens is 1. The number of ether oxygens (including phenoxy) is 1. The highest BCUT2D eigenvalue weighted by molar-refractivity contribution is 6.01. The van der Waals surface area contributed by atoms with Crippen molar-refractivity contribution in [2.24, 2.45) is 0 Å². The summed E-state index contributed by atoms with van der Waals surface area (Å²) in [6.45, 7) is 3.46. The smallest absolute Gasteiger partial charge is 0.331 e. The van der Waals surface area contributed by atoms with E-state index in [0.29, 0.717) is 23.4 Å². The van der Waals surface area contributed by atoms with Crippen molar-refractivity contribution < 1.29 is 19.1 Å². The summed E-state index contributed by atoms with van der Waals surface area (Å²) in [5.74, 6) is -1.02. The molecule has 0 aliphatic rings. The van der Waals surface area contributed by atoms with E-state index < -0.39 is 12.1 Å². The lowest BCUT2D eigenvalue weighted by Crippen LogP contribution is -2.23. The minimum Gasteiger partial charge on any atom is -0.451 e. The van der Waals surface area contributed by atoms with Gasteiger partial charge in [-0.3, -0.25) is 9.59 Å². The molecule has 6 heteroatoms. The molecule has 31 heavy (non-hydrogen) atoms. The second kappa shape index (κ2) is 10.3. The third-order valence-corrected chi connectivity index (χ3v) is 4.60. The third-order valence-electron chi connectivity index (χ3n) is 4.60. The number of amides is 1. The molecule has 0 saturated carbocycles. The van der Waals surface area contributed by atoms with Crippen LogP contribution in [-0.2, 0) is 14.3 Å². The first-order valence-electron chi connectivity index (χ1n) is 10.1. The minimum absolute atomic E-state index is 0.0726. The zero-order valence-electron chi connectivity index (χ0n) is 17.5. The molecule has 0 spiro atoms. The molecule has 1 heterocycles. The summed E-state index contributed by atoms with van der Waals surface area (Å²) < 4.78 is 5.23. The van der Waals surface area contributed by atoms with E-state index in [9.17, 15) is 14.4 Å². The zero-order chi connectivity index (χ0) is 22.2. The molecule has 0 bridgehead atoms. The Hall–Kier alpha value is -3.80. The van der Waals surface area contributed by atoms with Crippen molar-refractivity contribution in [2.75, 3.05) is 5.32 Å². The van der Waals surface area contributed by atoms with Crippen LogP contribution < -0.4 is 5.32 Å². The minimum atomic E-state index is -0.942. The number of hydrogen-bond donors (Lipinski definition) is 1. The van der Waals surface area contributed by atoms with Crippen LogP contribution in [0.3, 0.4) is 0 Å². The summed E-state index contributed by atoms with van der Waals surface area (Å²) in [4.78, 5) is 40.8. The van der Waals surface area contributed by atoms with Gasteiger partial charge in [-0.25, -0.2) is 9.78 Å². The van der Waals surface area contributed by atoms with E-state index in [1.54, 1.807) is 30.3 Å². The summed E-state index contributed by atoms with van der Waals surface area (Å²) in [5, 5.41) is 3.77. The van der Waals surface area contributed by atoms with Crippen LogP contribution >= 0.6 is 0 Å². The number of ketones is 1. The maximum Gasteiger partial charge on any atom is 0.331 e. The number of para-hydroxylation sites is 1. The second-order valence-corrected chi connectivity index (χ2v) is 7.08. The fourth-order valence-corrected chi connectivity index (χ4v) is 3.00. The number of anilines is 1. The van der Waals surface area contributed by atoms with Gasteiger partial charge in [0.25, 0.3) is 0 Å². The molecule has 3 aromatic rings. The number of nitrogens with one attached hydrogen (secondary N) is 1. The summed E-state index contributed by atoms with van der Waals surface area (Å²) in [6, 6.07) is 17.9. The molecule has 3 rings (SSSR count). The molecule has 0 fully saturated rings. The zero-order valence-corrected chi connectivity index (χ0v) is 17.5. The molecule has 1 amide bonds. The van der Waals surface area contributed by atoms with E-state index in [2.05, 4.69) is 10.3 Å². The molecule has 2 aromatic carbocycles. The first-order chi connectivity index (χ1) is 15.0.